The Labute approximate surface area is 175 Å². The van der Waals surface area contributed by atoms with Gasteiger partial charge in [0.25, 0.3) is 0 Å². The van der Waals surface area contributed by atoms with E-state index in [9.17, 15) is 0 Å². The monoisotopic (exact) mass is 477 g/mol. The van der Waals surface area contributed by atoms with E-state index in [1.807, 2.05) is 13.8 Å². The van der Waals surface area contributed by atoms with E-state index in [4.69, 9.17) is 9.52 Å². The molecule has 1 aliphatic rings. The molecule has 1 saturated heterocycles. The molecule has 7 heteroatoms. The average Bonchev–Trinajstić information content (AvgIpc) is 2.94. The van der Waals surface area contributed by atoms with Crippen molar-refractivity contribution in [2.75, 3.05) is 32.7 Å². The van der Waals surface area contributed by atoms with Gasteiger partial charge in [0, 0.05) is 31.2 Å². The van der Waals surface area contributed by atoms with Gasteiger partial charge < -0.3 is 15.2 Å². The van der Waals surface area contributed by atoms with Crippen molar-refractivity contribution in [3.05, 3.63) is 17.0 Å². The summed E-state index contributed by atoms with van der Waals surface area (Å²) in [6, 6.07) is 0.749. The van der Waals surface area contributed by atoms with Gasteiger partial charge in [0.15, 0.2) is 5.96 Å². The molecule has 0 aromatic carbocycles. The summed E-state index contributed by atoms with van der Waals surface area (Å²) >= 11 is 0. The summed E-state index contributed by atoms with van der Waals surface area (Å²) in [4.78, 5) is 7.37. The number of piperidine rings is 1. The van der Waals surface area contributed by atoms with Gasteiger partial charge in [0.05, 0.1) is 12.2 Å². The first kappa shape index (κ1) is 23.2. The standard InChI is InChI=1S/C19H35N5O.HI/c1-5-17-9-7-8-13-24(17)14-12-22-19(20-6-2)21-11-10-18-15(3)23-25-16(18)4;/h17H,5-14H2,1-4H3,(H2,20,21,22);1H. The molecule has 0 saturated carbocycles. The predicted molar refractivity (Wildman–Crippen MR) is 119 cm³/mol. The lowest BCUT2D eigenvalue weighted by Gasteiger charge is -2.34. The van der Waals surface area contributed by atoms with E-state index in [-0.39, 0.29) is 24.0 Å². The first-order valence-electron chi connectivity index (χ1n) is 9.83. The number of halogens is 1. The zero-order valence-electron chi connectivity index (χ0n) is 16.8. The second kappa shape index (κ2) is 12.5. The number of rotatable bonds is 8. The molecule has 1 aromatic rings. The van der Waals surface area contributed by atoms with Gasteiger partial charge in [-0.25, -0.2) is 0 Å². The lowest BCUT2D eigenvalue weighted by Crippen LogP contribution is -2.42. The molecule has 1 atom stereocenters. The summed E-state index contributed by atoms with van der Waals surface area (Å²) in [5, 5.41) is 10.8. The van der Waals surface area contributed by atoms with E-state index in [0.717, 1.165) is 56.1 Å². The highest BCUT2D eigenvalue weighted by Crippen LogP contribution is 2.18. The number of nitrogens with one attached hydrogen (secondary N) is 2. The van der Waals surface area contributed by atoms with Crippen LogP contribution in [0.5, 0.6) is 0 Å². The van der Waals surface area contributed by atoms with Gasteiger partial charge in [-0.3, -0.25) is 9.89 Å². The van der Waals surface area contributed by atoms with Gasteiger partial charge in [0.1, 0.15) is 5.76 Å². The van der Waals surface area contributed by atoms with Crippen molar-refractivity contribution >= 4 is 29.9 Å². The molecular weight excluding hydrogens is 441 g/mol. The van der Waals surface area contributed by atoms with Crippen molar-refractivity contribution in [2.45, 2.75) is 65.8 Å². The Hall–Kier alpha value is -0.830. The third kappa shape index (κ3) is 7.06. The molecule has 2 heterocycles. The molecule has 1 aromatic heterocycles. The van der Waals surface area contributed by atoms with E-state index in [2.05, 4.69) is 34.5 Å². The molecule has 1 fully saturated rings. The Morgan fingerprint density at radius 3 is 2.73 bits per heavy atom. The highest BCUT2D eigenvalue weighted by atomic mass is 127. The van der Waals surface area contributed by atoms with E-state index in [1.165, 1.54) is 37.8 Å². The van der Waals surface area contributed by atoms with Gasteiger partial charge in [-0.15, -0.1) is 24.0 Å². The van der Waals surface area contributed by atoms with Crippen LogP contribution < -0.4 is 10.6 Å². The van der Waals surface area contributed by atoms with Crippen LogP contribution >= 0.6 is 24.0 Å². The SMILES string of the molecule is CCNC(=NCCN1CCCCC1CC)NCCc1c(C)noc1C.I. The number of nitrogens with zero attached hydrogens (tertiary/aromatic N) is 3. The Balaban J connectivity index is 0.00000338. The normalized spacial score (nSPS) is 18.5. The molecule has 2 N–H and O–H groups in total. The summed E-state index contributed by atoms with van der Waals surface area (Å²) in [5.41, 5.74) is 2.18. The highest BCUT2D eigenvalue weighted by molar-refractivity contribution is 14.0. The number of aliphatic imine (C=N–C) groups is 1. The lowest BCUT2D eigenvalue weighted by atomic mass is 10.0. The summed E-state index contributed by atoms with van der Waals surface area (Å²) in [7, 11) is 0. The fraction of sp³-hybridized carbons (Fsp3) is 0.789. The number of hydrogen-bond donors (Lipinski definition) is 2. The summed E-state index contributed by atoms with van der Waals surface area (Å²) in [6.45, 7) is 13.2. The van der Waals surface area contributed by atoms with Crippen LogP contribution in [0, 0.1) is 13.8 Å². The largest absolute Gasteiger partial charge is 0.361 e. The van der Waals surface area contributed by atoms with Crippen LogP contribution in [0.2, 0.25) is 0 Å². The quantitative estimate of drug-likeness (QED) is 0.342. The molecule has 150 valence electrons. The van der Waals surface area contributed by atoms with Gasteiger partial charge in [-0.2, -0.15) is 0 Å². The molecule has 0 bridgehead atoms. The van der Waals surface area contributed by atoms with Crippen LogP contribution in [0.1, 0.15) is 56.5 Å². The minimum Gasteiger partial charge on any atom is -0.361 e. The second-order valence-electron chi connectivity index (χ2n) is 6.83. The van der Waals surface area contributed by atoms with Gasteiger partial charge >= 0.3 is 0 Å². The molecule has 1 unspecified atom stereocenters. The molecule has 6 nitrogen and oxygen atoms in total. The van der Waals surface area contributed by atoms with Crippen molar-refractivity contribution in [3.63, 3.8) is 0 Å². The number of likely N-dealkylation sites (tertiary alicyclic amines) is 1. The molecule has 1 aliphatic heterocycles. The molecule has 0 aliphatic carbocycles. The van der Waals surface area contributed by atoms with Crippen molar-refractivity contribution in [1.29, 1.82) is 0 Å². The maximum atomic E-state index is 5.22. The van der Waals surface area contributed by atoms with Crippen LogP contribution in [0.3, 0.4) is 0 Å². The minimum atomic E-state index is 0. The third-order valence-corrected chi connectivity index (χ3v) is 5.07. The molecule has 26 heavy (non-hydrogen) atoms. The van der Waals surface area contributed by atoms with Gasteiger partial charge in [0.2, 0.25) is 0 Å². The first-order chi connectivity index (χ1) is 12.2. The third-order valence-electron chi connectivity index (χ3n) is 5.07. The van der Waals surface area contributed by atoms with E-state index >= 15 is 0 Å². The summed E-state index contributed by atoms with van der Waals surface area (Å²) in [6.07, 6.45) is 6.20. The van der Waals surface area contributed by atoms with Crippen LogP contribution in [0.15, 0.2) is 9.52 Å². The smallest absolute Gasteiger partial charge is 0.191 e. The average molecular weight is 477 g/mol. The molecular formula is C19H36IN5O. The maximum Gasteiger partial charge on any atom is 0.191 e. The van der Waals surface area contributed by atoms with Crippen molar-refractivity contribution in [3.8, 4) is 0 Å². The number of aromatic nitrogens is 1. The Kier molecular flexibility index (Phi) is 11.2. The molecule has 0 amide bonds. The number of hydrogen-bond acceptors (Lipinski definition) is 4. The number of guanidine groups is 1. The molecule has 0 spiro atoms. The van der Waals surface area contributed by atoms with E-state index < -0.39 is 0 Å². The topological polar surface area (TPSA) is 65.7 Å². The molecule has 0 radical (unpaired) electrons. The fourth-order valence-electron chi connectivity index (χ4n) is 3.61. The lowest BCUT2D eigenvalue weighted by molar-refractivity contribution is 0.148. The minimum absolute atomic E-state index is 0. The Morgan fingerprint density at radius 1 is 1.27 bits per heavy atom. The predicted octanol–water partition coefficient (Wildman–Crippen LogP) is 3.27. The summed E-state index contributed by atoms with van der Waals surface area (Å²) < 4.78 is 5.22. The van der Waals surface area contributed by atoms with Crippen molar-refractivity contribution in [2.24, 2.45) is 4.99 Å². The van der Waals surface area contributed by atoms with E-state index in [0.29, 0.717) is 0 Å². The zero-order chi connectivity index (χ0) is 18.1. The second-order valence-corrected chi connectivity index (χ2v) is 6.83. The van der Waals surface area contributed by atoms with Crippen LogP contribution in [0.25, 0.3) is 0 Å². The first-order valence-corrected chi connectivity index (χ1v) is 9.83. The van der Waals surface area contributed by atoms with Crippen molar-refractivity contribution in [1.82, 2.24) is 20.7 Å². The van der Waals surface area contributed by atoms with E-state index in [1.54, 1.807) is 0 Å². The van der Waals surface area contributed by atoms with Gasteiger partial charge in [-0.05, 0) is 53.0 Å². The zero-order valence-corrected chi connectivity index (χ0v) is 19.1. The Bertz CT molecular complexity index is 527. The van der Waals surface area contributed by atoms with Crippen LogP contribution in [0.4, 0.5) is 0 Å². The van der Waals surface area contributed by atoms with Crippen LogP contribution in [-0.2, 0) is 6.42 Å². The highest BCUT2D eigenvalue weighted by Gasteiger charge is 2.19. The van der Waals surface area contributed by atoms with Crippen LogP contribution in [-0.4, -0.2) is 54.8 Å². The fourth-order valence-corrected chi connectivity index (χ4v) is 3.61. The van der Waals surface area contributed by atoms with Gasteiger partial charge in [-0.1, -0.05) is 18.5 Å². The summed E-state index contributed by atoms with van der Waals surface area (Å²) in [5.74, 6) is 1.82. The van der Waals surface area contributed by atoms with Crippen molar-refractivity contribution < 1.29 is 4.52 Å². The maximum absolute atomic E-state index is 5.22. The number of aryl methyl sites for hydroxylation is 2. The molecule has 2 rings (SSSR count). The Morgan fingerprint density at radius 2 is 2.08 bits per heavy atom.